The molecule has 8 nitrogen and oxygen atoms in total. The van der Waals surface area contributed by atoms with Crippen LogP contribution in [-0.4, -0.2) is 54.5 Å². The molecular formula is C21H24Cl2FN7O. The van der Waals surface area contributed by atoms with Crippen molar-refractivity contribution in [1.29, 1.82) is 0 Å². The second kappa shape index (κ2) is 10.2. The Kier molecular flexibility index (Phi) is 7.65. The molecule has 4 heterocycles. The SMILES string of the molecule is Cl.Cl.OCCn1cc(-c2ccc(F)cc2)nc1C1CCN(c2ncnc3[nH]ncc23)CC1. The summed E-state index contributed by atoms with van der Waals surface area (Å²) in [7, 11) is 0. The molecule has 0 atom stereocenters. The molecular weight excluding hydrogens is 456 g/mol. The van der Waals surface area contributed by atoms with Crippen molar-refractivity contribution in [2.24, 2.45) is 0 Å². The molecule has 11 heteroatoms. The van der Waals surface area contributed by atoms with Crippen LogP contribution in [0.4, 0.5) is 10.2 Å². The van der Waals surface area contributed by atoms with Crippen LogP contribution in [0.5, 0.6) is 0 Å². The van der Waals surface area contributed by atoms with E-state index in [2.05, 4.69) is 25.1 Å². The Morgan fingerprint density at radius 2 is 1.84 bits per heavy atom. The number of fused-ring (bicyclic) bond motifs is 1. The van der Waals surface area contributed by atoms with E-state index in [1.807, 2.05) is 10.8 Å². The fraction of sp³-hybridized carbons (Fsp3) is 0.333. The van der Waals surface area contributed by atoms with Gasteiger partial charge in [-0.3, -0.25) is 5.10 Å². The topological polar surface area (TPSA) is 95.7 Å². The molecule has 32 heavy (non-hydrogen) atoms. The molecule has 5 rings (SSSR count). The van der Waals surface area contributed by atoms with Gasteiger partial charge in [-0.2, -0.15) is 5.10 Å². The first-order chi connectivity index (χ1) is 14.7. The van der Waals surface area contributed by atoms with E-state index in [0.29, 0.717) is 6.54 Å². The Labute approximate surface area is 196 Å². The van der Waals surface area contributed by atoms with Gasteiger partial charge in [0.2, 0.25) is 0 Å². The van der Waals surface area contributed by atoms with E-state index >= 15 is 0 Å². The largest absolute Gasteiger partial charge is 0.395 e. The number of aromatic amines is 1. The van der Waals surface area contributed by atoms with Crippen molar-refractivity contribution in [3.8, 4) is 11.3 Å². The highest BCUT2D eigenvalue weighted by Crippen LogP contribution is 2.33. The highest BCUT2D eigenvalue weighted by atomic mass is 35.5. The van der Waals surface area contributed by atoms with Crippen LogP contribution in [0.25, 0.3) is 22.3 Å². The third-order valence-corrected chi connectivity index (χ3v) is 5.67. The maximum Gasteiger partial charge on any atom is 0.160 e. The molecule has 1 aliphatic rings. The van der Waals surface area contributed by atoms with Crippen molar-refractivity contribution in [3.05, 3.63) is 54.6 Å². The lowest BCUT2D eigenvalue weighted by atomic mass is 9.95. The molecule has 0 aliphatic carbocycles. The molecule has 0 bridgehead atoms. The molecule has 1 saturated heterocycles. The number of aromatic nitrogens is 6. The maximum atomic E-state index is 13.3. The minimum atomic E-state index is -0.266. The summed E-state index contributed by atoms with van der Waals surface area (Å²) >= 11 is 0. The zero-order chi connectivity index (χ0) is 20.5. The van der Waals surface area contributed by atoms with Gasteiger partial charge in [0.15, 0.2) is 5.65 Å². The second-order valence-electron chi connectivity index (χ2n) is 7.50. The Morgan fingerprint density at radius 3 is 2.56 bits per heavy atom. The summed E-state index contributed by atoms with van der Waals surface area (Å²) in [4.78, 5) is 15.8. The van der Waals surface area contributed by atoms with Gasteiger partial charge in [-0.1, -0.05) is 0 Å². The number of aliphatic hydroxyl groups excluding tert-OH is 1. The van der Waals surface area contributed by atoms with Crippen molar-refractivity contribution in [2.45, 2.75) is 25.3 Å². The first-order valence-corrected chi connectivity index (χ1v) is 10.1. The molecule has 0 saturated carbocycles. The molecule has 1 aliphatic heterocycles. The van der Waals surface area contributed by atoms with E-state index in [1.54, 1.807) is 24.7 Å². The summed E-state index contributed by atoms with van der Waals surface area (Å²) < 4.78 is 15.3. The van der Waals surface area contributed by atoms with Crippen LogP contribution in [-0.2, 0) is 6.54 Å². The minimum Gasteiger partial charge on any atom is -0.395 e. The van der Waals surface area contributed by atoms with Gasteiger partial charge in [0, 0.05) is 37.3 Å². The van der Waals surface area contributed by atoms with Gasteiger partial charge in [-0.05, 0) is 37.1 Å². The molecule has 3 aromatic heterocycles. The van der Waals surface area contributed by atoms with Gasteiger partial charge in [-0.25, -0.2) is 19.3 Å². The fourth-order valence-corrected chi connectivity index (χ4v) is 4.16. The first-order valence-electron chi connectivity index (χ1n) is 10.1. The van der Waals surface area contributed by atoms with Gasteiger partial charge >= 0.3 is 0 Å². The molecule has 0 spiro atoms. The summed E-state index contributed by atoms with van der Waals surface area (Å²) in [6.07, 6.45) is 7.12. The van der Waals surface area contributed by atoms with Crippen LogP contribution < -0.4 is 4.90 Å². The van der Waals surface area contributed by atoms with Crippen LogP contribution in [0.15, 0.2) is 43.0 Å². The van der Waals surface area contributed by atoms with Crippen LogP contribution in [0.2, 0.25) is 0 Å². The number of nitrogens with one attached hydrogen (secondary N) is 1. The van der Waals surface area contributed by atoms with Crippen molar-refractivity contribution < 1.29 is 9.50 Å². The van der Waals surface area contributed by atoms with Crippen molar-refractivity contribution in [1.82, 2.24) is 29.7 Å². The van der Waals surface area contributed by atoms with Crippen LogP contribution in [0.3, 0.4) is 0 Å². The van der Waals surface area contributed by atoms with Gasteiger partial charge in [-0.15, -0.1) is 24.8 Å². The number of hydrogen-bond acceptors (Lipinski definition) is 6. The number of rotatable bonds is 5. The monoisotopic (exact) mass is 479 g/mol. The number of H-pyrrole nitrogens is 1. The van der Waals surface area contributed by atoms with E-state index in [4.69, 9.17) is 4.98 Å². The average Bonchev–Trinajstić information content (AvgIpc) is 3.42. The molecule has 0 radical (unpaired) electrons. The van der Waals surface area contributed by atoms with Gasteiger partial charge in [0.1, 0.15) is 23.8 Å². The highest BCUT2D eigenvalue weighted by molar-refractivity contribution is 5.86. The number of aliphatic hydroxyl groups is 1. The van der Waals surface area contributed by atoms with Crippen LogP contribution in [0.1, 0.15) is 24.6 Å². The highest BCUT2D eigenvalue weighted by Gasteiger charge is 2.26. The van der Waals surface area contributed by atoms with Crippen molar-refractivity contribution in [3.63, 3.8) is 0 Å². The van der Waals surface area contributed by atoms with Crippen LogP contribution in [0, 0.1) is 5.82 Å². The Hall–Kier alpha value is -2.75. The molecule has 1 aromatic carbocycles. The third-order valence-electron chi connectivity index (χ3n) is 5.67. The number of nitrogens with zero attached hydrogens (tertiary/aromatic N) is 6. The van der Waals surface area contributed by atoms with Gasteiger partial charge < -0.3 is 14.6 Å². The Bertz CT molecular complexity index is 1160. The zero-order valence-corrected chi connectivity index (χ0v) is 18.8. The fourth-order valence-electron chi connectivity index (χ4n) is 4.16. The lowest BCUT2D eigenvalue weighted by molar-refractivity contribution is 0.272. The maximum absolute atomic E-state index is 13.3. The third kappa shape index (κ3) is 4.55. The van der Waals surface area contributed by atoms with Crippen molar-refractivity contribution in [2.75, 3.05) is 24.6 Å². The van der Waals surface area contributed by atoms with E-state index in [1.165, 1.54) is 12.1 Å². The second-order valence-corrected chi connectivity index (χ2v) is 7.50. The number of piperidine rings is 1. The van der Waals surface area contributed by atoms with Crippen LogP contribution >= 0.6 is 24.8 Å². The molecule has 1 fully saturated rings. The van der Waals surface area contributed by atoms with E-state index in [-0.39, 0.29) is 43.2 Å². The normalized spacial score (nSPS) is 14.2. The number of hydrogen-bond donors (Lipinski definition) is 2. The molecule has 4 aromatic rings. The summed E-state index contributed by atoms with van der Waals surface area (Å²) in [5.41, 5.74) is 2.41. The number of halogens is 3. The van der Waals surface area contributed by atoms with E-state index in [0.717, 1.165) is 59.9 Å². The number of anilines is 1. The van der Waals surface area contributed by atoms with Gasteiger partial charge in [0.25, 0.3) is 0 Å². The smallest absolute Gasteiger partial charge is 0.160 e. The van der Waals surface area contributed by atoms with Crippen molar-refractivity contribution >= 4 is 41.7 Å². The average molecular weight is 480 g/mol. The minimum absolute atomic E-state index is 0. The summed E-state index contributed by atoms with van der Waals surface area (Å²) in [6, 6.07) is 6.35. The standard InChI is InChI=1S/C21H22FN7O.2ClH/c22-16-3-1-14(2-4-16)18-12-29(9-10-30)20(26-18)15-5-7-28(8-6-15)21-17-11-25-27-19(17)23-13-24-21;;/h1-4,11-13,15,30H,5-10H2,(H,23,24,25,27);2*1H. The summed E-state index contributed by atoms with van der Waals surface area (Å²) in [6.45, 7) is 2.23. The lowest BCUT2D eigenvalue weighted by Crippen LogP contribution is -2.34. The Morgan fingerprint density at radius 1 is 1.09 bits per heavy atom. The predicted molar refractivity (Wildman–Crippen MR) is 125 cm³/mol. The quantitative estimate of drug-likeness (QED) is 0.454. The zero-order valence-electron chi connectivity index (χ0n) is 17.2. The molecule has 2 N–H and O–H groups in total. The lowest BCUT2D eigenvalue weighted by Gasteiger charge is -2.32. The number of imidazole rings is 1. The number of benzene rings is 1. The van der Waals surface area contributed by atoms with E-state index in [9.17, 15) is 9.50 Å². The predicted octanol–water partition coefficient (Wildman–Crippen LogP) is 3.58. The molecule has 0 unspecified atom stereocenters. The Balaban J connectivity index is 0.00000144. The molecule has 170 valence electrons. The summed E-state index contributed by atoms with van der Waals surface area (Å²) in [5.74, 6) is 1.89. The van der Waals surface area contributed by atoms with E-state index < -0.39 is 0 Å². The summed E-state index contributed by atoms with van der Waals surface area (Å²) in [5, 5.41) is 17.4. The molecule has 0 amide bonds. The first kappa shape index (κ1) is 23.9. The van der Waals surface area contributed by atoms with Gasteiger partial charge in [0.05, 0.1) is 23.9 Å².